The standard InChI is InChI=1S/C21H23F3N6O/c1-13-28-19(26-9-14-10-27-30(2)12-14)8-20(29-13)31-6-5-15-7-17(15)18-4-3-16(11-25-18)21(22,23)24/h3-4,8,10-12,15,17H,5-7,9H2,1-2H3,(H,26,28,29). The van der Waals surface area contributed by atoms with Gasteiger partial charge >= 0.3 is 6.18 Å². The lowest BCUT2D eigenvalue weighted by atomic mass is 10.1. The molecule has 2 atom stereocenters. The van der Waals surface area contributed by atoms with E-state index < -0.39 is 11.7 Å². The zero-order chi connectivity index (χ0) is 22.0. The topological polar surface area (TPSA) is 77.8 Å². The minimum atomic E-state index is -4.36. The molecule has 2 unspecified atom stereocenters. The SMILES string of the molecule is Cc1nc(NCc2cnn(C)c2)cc(OCCC2CC2c2ccc(C(F)(F)F)cn2)n1. The number of anilines is 1. The van der Waals surface area contributed by atoms with E-state index in [4.69, 9.17) is 4.74 Å². The van der Waals surface area contributed by atoms with Gasteiger partial charge in [0.15, 0.2) is 0 Å². The molecule has 10 heteroatoms. The molecule has 0 bridgehead atoms. The Labute approximate surface area is 177 Å². The molecule has 1 aliphatic rings. The largest absolute Gasteiger partial charge is 0.478 e. The van der Waals surface area contributed by atoms with Crippen molar-refractivity contribution < 1.29 is 17.9 Å². The number of alkyl halides is 3. The van der Waals surface area contributed by atoms with Crippen LogP contribution in [-0.2, 0) is 19.8 Å². The van der Waals surface area contributed by atoms with Crippen LogP contribution in [0, 0.1) is 12.8 Å². The summed E-state index contributed by atoms with van der Waals surface area (Å²) < 4.78 is 45.5. The van der Waals surface area contributed by atoms with Gasteiger partial charge in [-0.25, -0.2) is 4.98 Å². The molecule has 0 spiro atoms. The lowest BCUT2D eigenvalue weighted by Crippen LogP contribution is -2.06. The summed E-state index contributed by atoms with van der Waals surface area (Å²) in [5.41, 5.74) is 1.03. The highest BCUT2D eigenvalue weighted by molar-refractivity contribution is 5.39. The van der Waals surface area contributed by atoms with Crippen molar-refractivity contribution in [2.45, 2.75) is 38.4 Å². The molecule has 0 amide bonds. The molecular weight excluding hydrogens is 409 g/mol. The van der Waals surface area contributed by atoms with Crippen molar-refractivity contribution in [2.75, 3.05) is 11.9 Å². The van der Waals surface area contributed by atoms with Gasteiger partial charge in [-0.15, -0.1) is 0 Å². The third-order valence-corrected chi connectivity index (χ3v) is 5.20. The van der Waals surface area contributed by atoms with Gasteiger partial charge in [-0.2, -0.15) is 23.3 Å². The predicted octanol–water partition coefficient (Wildman–Crippen LogP) is 4.12. The maximum Gasteiger partial charge on any atom is 0.417 e. The molecule has 0 aromatic carbocycles. The first-order valence-corrected chi connectivity index (χ1v) is 10.0. The van der Waals surface area contributed by atoms with Gasteiger partial charge in [-0.05, 0) is 37.8 Å². The molecule has 164 valence electrons. The van der Waals surface area contributed by atoms with E-state index in [-0.39, 0.29) is 5.92 Å². The van der Waals surface area contributed by atoms with Crippen LogP contribution in [0.5, 0.6) is 5.88 Å². The van der Waals surface area contributed by atoms with Crippen molar-refractivity contribution in [1.29, 1.82) is 0 Å². The molecule has 31 heavy (non-hydrogen) atoms. The zero-order valence-corrected chi connectivity index (χ0v) is 17.2. The third kappa shape index (κ3) is 5.50. The van der Waals surface area contributed by atoms with Crippen LogP contribution in [0.4, 0.5) is 19.0 Å². The van der Waals surface area contributed by atoms with Crippen LogP contribution in [0.15, 0.2) is 36.8 Å². The smallest absolute Gasteiger partial charge is 0.417 e. The van der Waals surface area contributed by atoms with Crippen LogP contribution < -0.4 is 10.1 Å². The van der Waals surface area contributed by atoms with E-state index in [9.17, 15) is 13.2 Å². The Morgan fingerprint density at radius 3 is 2.74 bits per heavy atom. The molecule has 1 N–H and O–H groups in total. The summed E-state index contributed by atoms with van der Waals surface area (Å²) in [6, 6.07) is 4.32. The van der Waals surface area contributed by atoms with Gasteiger partial charge in [0.05, 0.1) is 18.4 Å². The molecule has 4 rings (SSSR count). The van der Waals surface area contributed by atoms with Crippen LogP contribution in [0.1, 0.15) is 41.4 Å². The third-order valence-electron chi connectivity index (χ3n) is 5.20. The molecule has 0 radical (unpaired) electrons. The van der Waals surface area contributed by atoms with Gasteiger partial charge in [-0.1, -0.05) is 0 Å². The molecule has 3 heterocycles. The van der Waals surface area contributed by atoms with Crippen LogP contribution in [-0.4, -0.2) is 31.3 Å². The van der Waals surface area contributed by atoms with Crippen molar-refractivity contribution in [3.05, 3.63) is 59.4 Å². The maximum atomic E-state index is 12.7. The number of nitrogens with one attached hydrogen (secondary N) is 1. The quantitative estimate of drug-likeness (QED) is 0.577. The molecule has 1 aliphatic carbocycles. The molecule has 7 nitrogen and oxygen atoms in total. The summed E-state index contributed by atoms with van der Waals surface area (Å²) in [5, 5.41) is 7.37. The van der Waals surface area contributed by atoms with Gasteiger partial charge in [0.25, 0.3) is 0 Å². The van der Waals surface area contributed by atoms with Crippen LogP contribution in [0.3, 0.4) is 0 Å². The van der Waals surface area contributed by atoms with Crippen molar-refractivity contribution in [1.82, 2.24) is 24.7 Å². The normalized spacial score (nSPS) is 18.1. The highest BCUT2D eigenvalue weighted by Gasteiger charge is 2.39. The number of ether oxygens (including phenoxy) is 1. The van der Waals surface area contributed by atoms with Crippen molar-refractivity contribution in [3.63, 3.8) is 0 Å². The Morgan fingerprint density at radius 2 is 2.06 bits per heavy atom. The van der Waals surface area contributed by atoms with E-state index in [0.29, 0.717) is 42.3 Å². The fourth-order valence-corrected chi connectivity index (χ4v) is 3.50. The van der Waals surface area contributed by atoms with E-state index in [0.717, 1.165) is 30.7 Å². The van der Waals surface area contributed by atoms with Crippen molar-refractivity contribution in [3.8, 4) is 5.88 Å². The highest BCUT2D eigenvalue weighted by atomic mass is 19.4. The Bertz CT molecular complexity index is 1030. The monoisotopic (exact) mass is 432 g/mol. The second kappa shape index (κ2) is 8.52. The zero-order valence-electron chi connectivity index (χ0n) is 17.2. The van der Waals surface area contributed by atoms with Crippen molar-refractivity contribution >= 4 is 5.82 Å². The molecule has 0 aliphatic heterocycles. The summed E-state index contributed by atoms with van der Waals surface area (Å²) in [7, 11) is 1.86. The predicted molar refractivity (Wildman–Crippen MR) is 108 cm³/mol. The van der Waals surface area contributed by atoms with Gasteiger partial charge < -0.3 is 10.1 Å². The van der Waals surface area contributed by atoms with E-state index >= 15 is 0 Å². The molecule has 1 fully saturated rings. The van der Waals surface area contributed by atoms with E-state index in [1.54, 1.807) is 23.9 Å². The average molecular weight is 432 g/mol. The van der Waals surface area contributed by atoms with Gasteiger partial charge in [0.1, 0.15) is 11.6 Å². The minimum Gasteiger partial charge on any atom is -0.478 e. The van der Waals surface area contributed by atoms with Gasteiger partial charge in [0, 0.05) is 49.2 Å². The fourth-order valence-electron chi connectivity index (χ4n) is 3.50. The summed E-state index contributed by atoms with van der Waals surface area (Å²) in [4.78, 5) is 12.7. The summed E-state index contributed by atoms with van der Waals surface area (Å²) in [5.74, 6) is 2.31. The summed E-state index contributed by atoms with van der Waals surface area (Å²) >= 11 is 0. The first kappa shape index (κ1) is 21.1. The Morgan fingerprint density at radius 1 is 1.23 bits per heavy atom. The Hall–Kier alpha value is -3.17. The molecule has 3 aromatic rings. The number of aryl methyl sites for hydroxylation is 2. The maximum absolute atomic E-state index is 12.7. The van der Waals surface area contributed by atoms with Gasteiger partial charge in [0.2, 0.25) is 5.88 Å². The number of nitrogens with zero attached hydrogens (tertiary/aromatic N) is 5. The first-order chi connectivity index (χ1) is 14.8. The summed E-state index contributed by atoms with van der Waals surface area (Å²) in [6.45, 7) is 2.86. The summed E-state index contributed by atoms with van der Waals surface area (Å²) in [6.07, 6.45) is 1.96. The second-order valence-corrected chi connectivity index (χ2v) is 7.72. The molecule has 3 aromatic heterocycles. The minimum absolute atomic E-state index is 0.190. The molecular formula is C21H23F3N6O. The second-order valence-electron chi connectivity index (χ2n) is 7.72. The lowest BCUT2D eigenvalue weighted by Gasteiger charge is -2.09. The lowest BCUT2D eigenvalue weighted by molar-refractivity contribution is -0.137. The number of halogens is 3. The first-order valence-electron chi connectivity index (χ1n) is 10.0. The van der Waals surface area contributed by atoms with E-state index in [2.05, 4.69) is 25.4 Å². The van der Waals surface area contributed by atoms with Crippen LogP contribution >= 0.6 is 0 Å². The van der Waals surface area contributed by atoms with Crippen LogP contribution in [0.2, 0.25) is 0 Å². The number of hydrogen-bond acceptors (Lipinski definition) is 6. The fraction of sp³-hybridized carbons (Fsp3) is 0.429. The Kier molecular flexibility index (Phi) is 5.79. The van der Waals surface area contributed by atoms with Crippen LogP contribution in [0.25, 0.3) is 0 Å². The average Bonchev–Trinajstić information content (AvgIpc) is 3.37. The molecule has 0 saturated heterocycles. The van der Waals surface area contributed by atoms with E-state index in [1.807, 2.05) is 13.2 Å². The Balaban J connectivity index is 1.26. The van der Waals surface area contributed by atoms with Gasteiger partial charge in [-0.3, -0.25) is 9.67 Å². The van der Waals surface area contributed by atoms with E-state index in [1.165, 1.54) is 6.07 Å². The number of pyridine rings is 1. The molecule has 1 saturated carbocycles. The number of aromatic nitrogens is 5. The van der Waals surface area contributed by atoms with Crippen molar-refractivity contribution in [2.24, 2.45) is 13.0 Å². The number of hydrogen-bond donors (Lipinski definition) is 1. The number of rotatable bonds is 8. The highest BCUT2D eigenvalue weighted by Crippen LogP contribution is 2.49.